The normalized spacial score (nSPS) is 15.5. The van der Waals surface area contributed by atoms with Crippen LogP contribution in [0.1, 0.15) is 31.9 Å². The van der Waals surface area contributed by atoms with E-state index < -0.39 is 27.0 Å². The Balaban J connectivity index is 3.11. The Bertz CT molecular complexity index is 470. The molecule has 2 atom stereocenters. The molecule has 3 nitrogen and oxygen atoms in total. The molecule has 0 amide bonds. The number of hydrogen-bond acceptors (Lipinski definition) is 3. The number of sulfone groups is 1. The molecule has 0 aromatic heterocycles. The van der Waals surface area contributed by atoms with Gasteiger partial charge in [0.25, 0.3) is 0 Å². The Labute approximate surface area is 101 Å². The van der Waals surface area contributed by atoms with E-state index in [2.05, 4.69) is 0 Å². The molecule has 0 saturated carbocycles. The van der Waals surface area contributed by atoms with Crippen molar-refractivity contribution >= 4 is 9.84 Å². The topological polar surface area (TPSA) is 54.4 Å². The van der Waals surface area contributed by atoms with E-state index >= 15 is 0 Å². The zero-order valence-electron chi connectivity index (χ0n) is 9.93. The second-order valence-corrected chi connectivity index (χ2v) is 6.37. The highest BCUT2D eigenvalue weighted by Crippen LogP contribution is 2.26. The van der Waals surface area contributed by atoms with Gasteiger partial charge < -0.3 is 5.11 Å². The summed E-state index contributed by atoms with van der Waals surface area (Å²) in [5.74, 6) is -0.637. The first-order chi connectivity index (χ1) is 7.94. The number of benzene rings is 1. The largest absolute Gasteiger partial charge is 0.387 e. The van der Waals surface area contributed by atoms with E-state index in [0.717, 1.165) is 0 Å². The first kappa shape index (κ1) is 14.1. The van der Waals surface area contributed by atoms with Crippen LogP contribution in [0.25, 0.3) is 0 Å². The molecule has 0 unspecified atom stereocenters. The predicted molar refractivity (Wildman–Crippen MR) is 64.9 cm³/mol. The molecule has 0 saturated heterocycles. The predicted octanol–water partition coefficient (Wildman–Crippen LogP) is 2.07. The molecule has 96 valence electrons. The molecule has 1 rings (SSSR count). The maximum atomic E-state index is 13.5. The minimum Gasteiger partial charge on any atom is -0.387 e. The molecular formula is C12H17FO3S. The van der Waals surface area contributed by atoms with Crippen LogP contribution in [0.2, 0.25) is 0 Å². The van der Waals surface area contributed by atoms with Gasteiger partial charge in [-0.3, -0.25) is 0 Å². The van der Waals surface area contributed by atoms with Crippen LogP contribution in [0.3, 0.4) is 0 Å². The monoisotopic (exact) mass is 260 g/mol. The molecule has 0 aliphatic heterocycles. The van der Waals surface area contributed by atoms with Gasteiger partial charge in [-0.15, -0.1) is 0 Å². The second kappa shape index (κ2) is 5.60. The molecule has 0 bridgehead atoms. The van der Waals surface area contributed by atoms with Crippen molar-refractivity contribution < 1.29 is 17.9 Å². The van der Waals surface area contributed by atoms with Gasteiger partial charge in [-0.2, -0.15) is 0 Å². The summed E-state index contributed by atoms with van der Waals surface area (Å²) in [5, 5.41) is 9.05. The molecule has 1 aromatic carbocycles. The average molecular weight is 260 g/mol. The molecule has 17 heavy (non-hydrogen) atoms. The summed E-state index contributed by atoms with van der Waals surface area (Å²) >= 11 is 0. The van der Waals surface area contributed by atoms with E-state index in [1.165, 1.54) is 25.1 Å². The van der Waals surface area contributed by atoms with Crippen molar-refractivity contribution in [2.45, 2.75) is 31.6 Å². The SMILES string of the molecule is CC[C@@H]([C@H](O)c1ccccc1F)S(=O)(=O)CC. The molecular weight excluding hydrogens is 243 g/mol. The first-order valence-corrected chi connectivity index (χ1v) is 7.29. The lowest BCUT2D eigenvalue weighted by molar-refractivity contribution is 0.164. The van der Waals surface area contributed by atoms with Gasteiger partial charge >= 0.3 is 0 Å². The van der Waals surface area contributed by atoms with Crippen molar-refractivity contribution in [3.05, 3.63) is 35.6 Å². The van der Waals surface area contributed by atoms with Crippen LogP contribution in [0, 0.1) is 5.82 Å². The molecule has 0 fully saturated rings. The molecule has 0 radical (unpaired) electrons. The highest BCUT2D eigenvalue weighted by Gasteiger charge is 2.31. The zero-order valence-corrected chi connectivity index (χ0v) is 10.7. The third-order valence-corrected chi connectivity index (χ3v) is 5.16. The van der Waals surface area contributed by atoms with Crippen LogP contribution < -0.4 is 0 Å². The molecule has 0 heterocycles. The summed E-state index contributed by atoms with van der Waals surface area (Å²) in [6.07, 6.45) is -1.06. The maximum Gasteiger partial charge on any atom is 0.155 e. The lowest BCUT2D eigenvalue weighted by Crippen LogP contribution is -2.29. The average Bonchev–Trinajstić information content (AvgIpc) is 2.30. The van der Waals surface area contributed by atoms with E-state index in [0.29, 0.717) is 0 Å². The van der Waals surface area contributed by atoms with E-state index in [-0.39, 0.29) is 17.7 Å². The smallest absolute Gasteiger partial charge is 0.155 e. The first-order valence-electron chi connectivity index (χ1n) is 5.58. The Morgan fingerprint density at radius 3 is 2.35 bits per heavy atom. The number of aliphatic hydroxyl groups is 1. The highest BCUT2D eigenvalue weighted by molar-refractivity contribution is 7.92. The van der Waals surface area contributed by atoms with E-state index in [4.69, 9.17) is 0 Å². The molecule has 1 aromatic rings. The van der Waals surface area contributed by atoms with Crippen LogP contribution >= 0.6 is 0 Å². The Morgan fingerprint density at radius 2 is 1.88 bits per heavy atom. The minimum atomic E-state index is -3.39. The van der Waals surface area contributed by atoms with E-state index in [1.807, 2.05) is 0 Å². The fraction of sp³-hybridized carbons (Fsp3) is 0.500. The third-order valence-electron chi connectivity index (χ3n) is 2.84. The molecule has 5 heteroatoms. The van der Waals surface area contributed by atoms with Gasteiger partial charge in [0.05, 0.1) is 11.4 Å². The highest BCUT2D eigenvalue weighted by atomic mass is 32.2. The minimum absolute atomic E-state index is 0.0383. The number of hydrogen-bond donors (Lipinski definition) is 1. The summed E-state index contributed by atoms with van der Waals surface area (Å²) in [6, 6.07) is 5.70. The Morgan fingerprint density at radius 1 is 1.29 bits per heavy atom. The van der Waals surface area contributed by atoms with E-state index in [9.17, 15) is 17.9 Å². The summed E-state index contributed by atoms with van der Waals surface area (Å²) in [4.78, 5) is 0. The summed E-state index contributed by atoms with van der Waals surface area (Å²) < 4.78 is 37.0. The van der Waals surface area contributed by atoms with Gasteiger partial charge in [-0.25, -0.2) is 12.8 Å². The van der Waals surface area contributed by atoms with Gasteiger partial charge in [-0.05, 0) is 12.5 Å². The third kappa shape index (κ3) is 3.04. The quantitative estimate of drug-likeness (QED) is 0.881. The molecule has 0 aliphatic rings. The van der Waals surface area contributed by atoms with Gasteiger partial charge in [-0.1, -0.05) is 32.0 Å². The van der Waals surface area contributed by atoms with Crippen molar-refractivity contribution in [3.63, 3.8) is 0 Å². The number of aliphatic hydroxyl groups excluding tert-OH is 1. The summed E-state index contributed by atoms with van der Waals surface area (Å²) in [6.45, 7) is 3.19. The zero-order chi connectivity index (χ0) is 13.1. The lowest BCUT2D eigenvalue weighted by Gasteiger charge is -2.21. The van der Waals surface area contributed by atoms with Crippen molar-refractivity contribution in [1.29, 1.82) is 0 Å². The van der Waals surface area contributed by atoms with Gasteiger partial charge in [0, 0.05) is 11.3 Å². The Hall–Kier alpha value is -0.940. The van der Waals surface area contributed by atoms with Crippen molar-refractivity contribution in [3.8, 4) is 0 Å². The fourth-order valence-corrected chi connectivity index (χ4v) is 3.28. The van der Waals surface area contributed by atoms with E-state index in [1.54, 1.807) is 13.0 Å². The van der Waals surface area contributed by atoms with Crippen molar-refractivity contribution in [1.82, 2.24) is 0 Å². The summed E-state index contributed by atoms with van der Waals surface area (Å²) in [7, 11) is -3.39. The van der Waals surface area contributed by atoms with Gasteiger partial charge in [0.15, 0.2) is 9.84 Å². The van der Waals surface area contributed by atoms with Crippen molar-refractivity contribution in [2.75, 3.05) is 5.75 Å². The number of rotatable bonds is 5. The molecule has 1 N–H and O–H groups in total. The molecule has 0 spiro atoms. The molecule has 0 aliphatic carbocycles. The lowest BCUT2D eigenvalue weighted by atomic mass is 10.0. The Kier molecular flexibility index (Phi) is 4.65. The standard InChI is InChI=1S/C12H17FO3S/c1-3-11(17(15,16)4-2)12(14)9-7-5-6-8-10(9)13/h5-8,11-12,14H,3-4H2,1-2H3/t11-,12+/m0/s1. The summed E-state index contributed by atoms with van der Waals surface area (Å²) in [5.41, 5.74) is 0.0383. The van der Waals surface area contributed by atoms with Crippen molar-refractivity contribution in [2.24, 2.45) is 0 Å². The van der Waals surface area contributed by atoms with Crippen LogP contribution in [0.4, 0.5) is 4.39 Å². The van der Waals surface area contributed by atoms with Crippen LogP contribution in [-0.4, -0.2) is 24.5 Å². The van der Waals surface area contributed by atoms with Crippen LogP contribution in [0.15, 0.2) is 24.3 Å². The van der Waals surface area contributed by atoms with Gasteiger partial charge in [0.1, 0.15) is 5.82 Å². The number of halogens is 1. The van der Waals surface area contributed by atoms with Crippen LogP contribution in [0.5, 0.6) is 0 Å². The maximum absolute atomic E-state index is 13.5. The van der Waals surface area contributed by atoms with Gasteiger partial charge in [0.2, 0.25) is 0 Å². The second-order valence-electron chi connectivity index (χ2n) is 3.86. The fourth-order valence-electron chi connectivity index (χ4n) is 1.80. The van der Waals surface area contributed by atoms with Crippen LogP contribution in [-0.2, 0) is 9.84 Å².